The van der Waals surface area contributed by atoms with Gasteiger partial charge < -0.3 is 18.2 Å². The lowest BCUT2D eigenvalue weighted by Gasteiger charge is -2.43. The third-order valence-electron chi connectivity index (χ3n) is 4.20. The highest BCUT2D eigenvalue weighted by molar-refractivity contribution is 6.74. The summed E-state index contributed by atoms with van der Waals surface area (Å²) < 4.78 is 20.3. The van der Waals surface area contributed by atoms with E-state index in [1.807, 2.05) is 14.2 Å². The van der Waals surface area contributed by atoms with Gasteiger partial charge in [0.15, 0.2) is 8.32 Å². The van der Waals surface area contributed by atoms with E-state index < -0.39 is 17.0 Å². The van der Waals surface area contributed by atoms with Crippen LogP contribution in [-0.4, -0.2) is 80.6 Å². The van der Waals surface area contributed by atoms with E-state index >= 15 is 0 Å². The van der Waals surface area contributed by atoms with Gasteiger partial charge in [0, 0.05) is 53.0 Å². The van der Waals surface area contributed by atoms with Crippen molar-refractivity contribution in [2.75, 3.05) is 54.1 Å². The Labute approximate surface area is 126 Å². The molecule has 1 heterocycles. The first kappa shape index (κ1) is 18.3. The minimum Gasteiger partial charge on any atom is -0.418 e. The highest BCUT2D eigenvalue weighted by Gasteiger charge is 2.45. The molecule has 0 aromatic heterocycles. The van der Waals surface area contributed by atoms with Crippen molar-refractivity contribution in [2.24, 2.45) is 0 Å². The Morgan fingerprint density at radius 1 is 0.950 bits per heavy atom. The molecule has 0 N–H and O–H groups in total. The molecule has 0 spiro atoms. The van der Waals surface area contributed by atoms with Crippen LogP contribution >= 0.6 is 0 Å². The second-order valence-electron chi connectivity index (χ2n) is 6.10. The first-order valence-corrected chi connectivity index (χ1v) is 12.7. The number of piperazine rings is 1. The maximum atomic E-state index is 5.94. The van der Waals surface area contributed by atoms with Crippen LogP contribution in [0, 0.1) is 0 Å². The van der Waals surface area contributed by atoms with Crippen LogP contribution in [0.2, 0.25) is 25.2 Å². The Morgan fingerprint density at radius 2 is 1.50 bits per heavy atom. The zero-order chi connectivity index (χ0) is 15.2. The lowest BCUT2D eigenvalue weighted by Crippen LogP contribution is -2.63. The van der Waals surface area contributed by atoms with Gasteiger partial charge in [0.1, 0.15) is 0 Å². The fourth-order valence-electron chi connectivity index (χ4n) is 2.77. The van der Waals surface area contributed by atoms with Gasteiger partial charge in [-0.2, -0.15) is 0 Å². The number of likely N-dealkylation sites (N-methyl/N-ethyl adjacent to an activating group) is 1. The van der Waals surface area contributed by atoms with Gasteiger partial charge in [-0.1, -0.05) is 0 Å². The van der Waals surface area contributed by atoms with Crippen molar-refractivity contribution >= 4 is 17.0 Å². The van der Waals surface area contributed by atoms with E-state index in [0.29, 0.717) is 0 Å². The second-order valence-corrected chi connectivity index (χ2v) is 13.8. The summed E-state index contributed by atoms with van der Waals surface area (Å²) in [5.41, 5.74) is 0. The molecule has 5 nitrogen and oxygen atoms in total. The van der Waals surface area contributed by atoms with Gasteiger partial charge in [0.25, 0.3) is 0 Å². The smallest absolute Gasteiger partial charge is 0.418 e. The molecule has 1 aliphatic rings. The van der Waals surface area contributed by atoms with Crippen LogP contribution < -0.4 is 0 Å². The highest BCUT2D eigenvalue weighted by atomic mass is 28.4. The van der Waals surface area contributed by atoms with Crippen molar-refractivity contribution in [1.82, 2.24) is 9.47 Å². The van der Waals surface area contributed by atoms with E-state index in [4.69, 9.17) is 13.3 Å². The van der Waals surface area contributed by atoms with Gasteiger partial charge in [-0.3, -0.25) is 4.57 Å². The molecule has 20 heavy (non-hydrogen) atoms. The fourth-order valence-corrected chi connectivity index (χ4v) is 9.66. The summed E-state index contributed by atoms with van der Waals surface area (Å²) >= 11 is 0. The van der Waals surface area contributed by atoms with Crippen LogP contribution in [0.3, 0.4) is 0 Å². The van der Waals surface area contributed by atoms with E-state index in [1.165, 1.54) is 0 Å². The Kier molecular flexibility index (Phi) is 7.33. The molecule has 0 amide bonds. The van der Waals surface area contributed by atoms with Crippen LogP contribution in [0.4, 0.5) is 0 Å². The maximum absolute atomic E-state index is 5.94. The predicted molar refractivity (Wildman–Crippen MR) is 87.6 cm³/mol. The summed E-state index contributed by atoms with van der Waals surface area (Å²) in [6, 6.07) is 2.10. The first-order chi connectivity index (χ1) is 9.39. The van der Waals surface area contributed by atoms with E-state index in [0.717, 1.165) is 44.9 Å². The van der Waals surface area contributed by atoms with Crippen LogP contribution in [0.15, 0.2) is 0 Å². The summed E-state index contributed by atoms with van der Waals surface area (Å²) in [6.45, 7) is 11.7. The molecule has 1 fully saturated rings. The van der Waals surface area contributed by atoms with Crippen molar-refractivity contribution in [1.29, 1.82) is 0 Å². The summed E-state index contributed by atoms with van der Waals surface area (Å²) in [7, 11) is 1.95. The molecular formula is C13H32N2O3Si2. The molecule has 7 heteroatoms. The molecule has 1 saturated heterocycles. The van der Waals surface area contributed by atoms with E-state index in [2.05, 4.69) is 36.5 Å². The Balaban J connectivity index is 2.66. The van der Waals surface area contributed by atoms with Crippen LogP contribution in [0.25, 0.3) is 0 Å². The van der Waals surface area contributed by atoms with E-state index in [1.54, 1.807) is 0 Å². The van der Waals surface area contributed by atoms with Gasteiger partial charge in [0.2, 0.25) is 0 Å². The Bertz CT molecular complexity index is 281. The van der Waals surface area contributed by atoms with Crippen molar-refractivity contribution < 1.29 is 13.3 Å². The molecule has 0 aromatic rings. The fraction of sp³-hybridized carbons (Fsp3) is 1.00. The van der Waals surface area contributed by atoms with Gasteiger partial charge in [-0.25, -0.2) is 0 Å². The largest absolute Gasteiger partial charge is 0.427 e. The molecule has 1 rings (SSSR count). The number of hydrogen-bond donors (Lipinski definition) is 0. The molecule has 0 radical (unpaired) electrons. The van der Waals surface area contributed by atoms with Crippen molar-refractivity contribution in [3.63, 3.8) is 0 Å². The Morgan fingerprint density at radius 3 is 1.95 bits per heavy atom. The summed E-state index contributed by atoms with van der Waals surface area (Å²) in [5, 5.41) is 0. The molecule has 0 atom stereocenters. The summed E-state index contributed by atoms with van der Waals surface area (Å²) in [4.78, 5) is 2.36. The molecule has 0 unspecified atom stereocenters. The normalized spacial score (nSPS) is 19.5. The minimum atomic E-state index is -2.25. The highest BCUT2D eigenvalue weighted by Crippen LogP contribution is 2.26. The molecule has 0 aliphatic carbocycles. The van der Waals surface area contributed by atoms with Gasteiger partial charge in [-0.05, 0) is 33.1 Å². The van der Waals surface area contributed by atoms with Crippen LogP contribution in [-0.2, 0) is 13.3 Å². The van der Waals surface area contributed by atoms with Crippen molar-refractivity contribution in [3.8, 4) is 0 Å². The molecule has 1 aliphatic heterocycles. The van der Waals surface area contributed by atoms with Gasteiger partial charge in [0.05, 0.1) is 0 Å². The number of hydrogen-bond acceptors (Lipinski definition) is 5. The van der Waals surface area contributed by atoms with Gasteiger partial charge in [-0.15, -0.1) is 0 Å². The number of nitrogens with zero attached hydrogens (tertiary/aromatic N) is 2. The standard InChI is InChI=1S/C13H32N2O3Si2/c1-7-18-19(5,6)12-13-20(16-3,17-4)15-10-8-14(2)9-11-15/h7-13H2,1-6H3. The molecule has 120 valence electrons. The summed E-state index contributed by atoms with van der Waals surface area (Å²) in [5.74, 6) is 0. The topological polar surface area (TPSA) is 34.2 Å². The van der Waals surface area contributed by atoms with E-state index in [-0.39, 0.29) is 0 Å². The zero-order valence-corrected chi connectivity index (χ0v) is 16.1. The average Bonchev–Trinajstić information content (AvgIpc) is 2.42. The van der Waals surface area contributed by atoms with Crippen LogP contribution in [0.5, 0.6) is 0 Å². The molecule has 0 bridgehead atoms. The lowest BCUT2D eigenvalue weighted by molar-refractivity contribution is 0.122. The van der Waals surface area contributed by atoms with Gasteiger partial charge >= 0.3 is 8.72 Å². The first-order valence-electron chi connectivity index (χ1n) is 7.57. The summed E-state index contributed by atoms with van der Waals surface area (Å²) in [6.07, 6.45) is 0. The molecule has 0 aromatic carbocycles. The van der Waals surface area contributed by atoms with Crippen LogP contribution in [0.1, 0.15) is 6.92 Å². The predicted octanol–water partition coefficient (Wildman–Crippen LogP) is 1.71. The molecule has 0 saturated carbocycles. The maximum Gasteiger partial charge on any atom is 0.427 e. The molecular weight excluding hydrogens is 288 g/mol. The number of rotatable bonds is 8. The Hall–Kier alpha value is 0.234. The lowest BCUT2D eigenvalue weighted by atomic mass is 10.4. The quantitative estimate of drug-likeness (QED) is 0.636. The van der Waals surface area contributed by atoms with Crippen molar-refractivity contribution in [2.45, 2.75) is 32.1 Å². The minimum absolute atomic E-state index is 0.808. The zero-order valence-electron chi connectivity index (χ0n) is 14.1. The van der Waals surface area contributed by atoms with Crippen molar-refractivity contribution in [3.05, 3.63) is 0 Å². The third-order valence-corrected chi connectivity index (χ3v) is 10.8. The monoisotopic (exact) mass is 320 g/mol. The SMILES string of the molecule is CCO[Si](C)(C)CC[Si](OC)(OC)N1CCN(C)CC1. The second kappa shape index (κ2) is 8.02. The van der Waals surface area contributed by atoms with E-state index in [9.17, 15) is 0 Å². The average molecular weight is 321 g/mol. The third kappa shape index (κ3) is 4.90.